The number of hydrogen-bond acceptors (Lipinski definition) is 6. The highest BCUT2D eigenvalue weighted by Gasteiger charge is 2.37. The summed E-state index contributed by atoms with van der Waals surface area (Å²) < 4.78 is 15.9. The number of aliphatic hydroxyl groups is 1. The van der Waals surface area contributed by atoms with Gasteiger partial charge in [0.2, 0.25) is 4.90 Å². The number of nitrogens with zero attached hydrogens (tertiary/aromatic N) is 3. The van der Waals surface area contributed by atoms with Crippen LogP contribution in [-0.2, 0) is 17.0 Å². The van der Waals surface area contributed by atoms with Crippen LogP contribution in [-0.4, -0.2) is 38.5 Å². The quantitative estimate of drug-likeness (QED) is 0.397. The summed E-state index contributed by atoms with van der Waals surface area (Å²) in [6, 6.07) is 25.4. The third kappa shape index (κ3) is 4.64. The van der Waals surface area contributed by atoms with E-state index in [-0.39, 0.29) is 5.91 Å². The van der Waals surface area contributed by atoms with Crippen molar-refractivity contribution in [1.29, 1.82) is 5.26 Å². The minimum absolute atomic E-state index is 0.128. The maximum Gasteiger partial charge on any atom is 0.253 e. The molecule has 1 saturated heterocycles. The van der Waals surface area contributed by atoms with E-state index in [1.54, 1.807) is 59.6 Å². The predicted molar refractivity (Wildman–Crippen MR) is 138 cm³/mol. The molecule has 3 aromatic carbocycles. The average Bonchev–Trinajstić information content (AvgIpc) is 2.93. The second-order valence-electron chi connectivity index (χ2n) is 8.76. The molecule has 36 heavy (non-hydrogen) atoms. The van der Waals surface area contributed by atoms with Crippen molar-refractivity contribution in [2.75, 3.05) is 17.8 Å². The number of aromatic nitrogens is 1. The zero-order valence-corrected chi connectivity index (χ0v) is 20.2. The van der Waals surface area contributed by atoms with Gasteiger partial charge in [0.05, 0.1) is 22.9 Å². The Bertz CT molecular complexity index is 1440. The van der Waals surface area contributed by atoms with E-state index in [0.717, 1.165) is 5.39 Å². The lowest BCUT2D eigenvalue weighted by Gasteiger charge is -2.39. The standard InChI is InChI=1S/C28H24N4O3S/c29-19-22-5-1-2-8-24(22)28(34)14-17-32(18-15-28)27(33)21-10-12-23(13-11-21)31-36(35)25-9-3-6-20-7-4-16-30-26(20)25/h1-13,16,31,34H,14-15,17-18H2. The number of nitriles is 1. The number of hydrogen-bond donors (Lipinski definition) is 2. The maximum atomic E-state index is 13.1. The molecule has 8 heteroatoms. The molecule has 1 aliphatic rings. The molecule has 0 saturated carbocycles. The number of piperidine rings is 1. The zero-order chi connectivity index (χ0) is 25.1. The Balaban J connectivity index is 1.24. The number of amides is 1. The van der Waals surface area contributed by atoms with Gasteiger partial charge in [-0.25, -0.2) is 4.72 Å². The summed E-state index contributed by atoms with van der Waals surface area (Å²) >= 11 is -1.52. The molecule has 4 aromatic rings. The van der Waals surface area contributed by atoms with Crippen LogP contribution < -0.4 is 4.72 Å². The molecular formula is C28H24N4O3S. The van der Waals surface area contributed by atoms with Crippen LogP contribution >= 0.6 is 0 Å². The van der Waals surface area contributed by atoms with Crippen molar-refractivity contribution in [2.24, 2.45) is 0 Å². The molecule has 5 rings (SSSR count). The van der Waals surface area contributed by atoms with Crippen molar-refractivity contribution >= 4 is 33.9 Å². The van der Waals surface area contributed by atoms with Crippen molar-refractivity contribution in [3.63, 3.8) is 0 Å². The Morgan fingerprint density at radius 2 is 1.75 bits per heavy atom. The topological polar surface area (TPSA) is 112 Å². The van der Waals surface area contributed by atoms with Crippen molar-refractivity contribution in [3.05, 3.63) is 102 Å². The molecule has 2 N–H and O–H groups in total. The van der Waals surface area contributed by atoms with E-state index >= 15 is 0 Å². The van der Waals surface area contributed by atoms with Crippen molar-refractivity contribution in [3.8, 4) is 6.07 Å². The number of carbonyl (C=O) groups excluding carboxylic acids is 1. The molecule has 1 amide bonds. The van der Waals surface area contributed by atoms with Gasteiger partial charge in [0.1, 0.15) is 16.9 Å². The Morgan fingerprint density at radius 1 is 1.03 bits per heavy atom. The average molecular weight is 497 g/mol. The highest BCUT2D eigenvalue weighted by atomic mass is 32.2. The van der Waals surface area contributed by atoms with Crippen LogP contribution in [0.25, 0.3) is 10.9 Å². The molecule has 7 nitrogen and oxygen atoms in total. The molecule has 1 aliphatic heterocycles. The van der Waals surface area contributed by atoms with Crippen molar-refractivity contribution < 1.29 is 14.5 Å². The van der Waals surface area contributed by atoms with E-state index in [0.29, 0.717) is 58.7 Å². The number of para-hydroxylation sites is 1. The summed E-state index contributed by atoms with van der Waals surface area (Å²) in [6.45, 7) is 0.764. The first-order valence-electron chi connectivity index (χ1n) is 11.6. The summed E-state index contributed by atoms with van der Waals surface area (Å²) in [5.74, 6) is -0.128. The molecule has 0 spiro atoms. The van der Waals surface area contributed by atoms with Gasteiger partial charge in [-0.1, -0.05) is 36.4 Å². The number of benzene rings is 3. The third-order valence-electron chi connectivity index (χ3n) is 6.56. The van der Waals surface area contributed by atoms with Crippen LogP contribution in [0, 0.1) is 11.3 Å². The van der Waals surface area contributed by atoms with Crippen LogP contribution in [0.1, 0.15) is 34.3 Å². The number of nitrogens with one attached hydrogen (secondary N) is 1. The minimum Gasteiger partial charge on any atom is -0.588 e. The van der Waals surface area contributed by atoms with Crippen LogP contribution in [0.5, 0.6) is 0 Å². The van der Waals surface area contributed by atoms with E-state index in [1.165, 1.54) is 0 Å². The monoisotopic (exact) mass is 496 g/mol. The number of anilines is 1. The number of carbonyl (C=O) groups is 1. The largest absolute Gasteiger partial charge is 0.588 e. The first-order valence-corrected chi connectivity index (χ1v) is 12.8. The number of likely N-dealkylation sites (tertiary alicyclic amines) is 1. The molecule has 0 aliphatic carbocycles. The lowest BCUT2D eigenvalue weighted by atomic mass is 9.82. The highest BCUT2D eigenvalue weighted by Crippen LogP contribution is 2.35. The maximum absolute atomic E-state index is 13.1. The van der Waals surface area contributed by atoms with Crippen LogP contribution in [0.15, 0.2) is 90.0 Å². The van der Waals surface area contributed by atoms with Crippen LogP contribution in [0.4, 0.5) is 5.69 Å². The fourth-order valence-electron chi connectivity index (χ4n) is 4.59. The molecule has 1 unspecified atom stereocenters. The molecule has 180 valence electrons. The van der Waals surface area contributed by atoms with E-state index < -0.39 is 17.0 Å². The van der Waals surface area contributed by atoms with Crippen LogP contribution in [0.3, 0.4) is 0 Å². The summed E-state index contributed by atoms with van der Waals surface area (Å²) in [7, 11) is 0. The van der Waals surface area contributed by atoms with Gasteiger partial charge < -0.3 is 14.6 Å². The SMILES string of the molecule is N#Cc1ccccc1C1(O)CCN(C(=O)c2ccc(N[S+]([O-])c3cccc4cccnc34)cc2)CC1. The predicted octanol–water partition coefficient (Wildman–Crippen LogP) is 4.36. The van der Waals surface area contributed by atoms with Gasteiger partial charge >= 0.3 is 0 Å². The third-order valence-corrected chi connectivity index (χ3v) is 7.71. The second-order valence-corrected chi connectivity index (χ2v) is 9.94. The van der Waals surface area contributed by atoms with Gasteiger partial charge in [0.15, 0.2) is 0 Å². The smallest absolute Gasteiger partial charge is 0.253 e. The molecule has 1 fully saturated rings. The number of rotatable bonds is 5. The van der Waals surface area contributed by atoms with Crippen molar-refractivity contribution in [2.45, 2.75) is 23.3 Å². The summed E-state index contributed by atoms with van der Waals surface area (Å²) in [4.78, 5) is 19.7. The summed E-state index contributed by atoms with van der Waals surface area (Å²) in [5.41, 5.74) is 1.77. The normalized spacial score (nSPS) is 15.8. The highest BCUT2D eigenvalue weighted by molar-refractivity contribution is 7.93. The van der Waals surface area contributed by atoms with E-state index in [9.17, 15) is 19.7 Å². The van der Waals surface area contributed by atoms with Gasteiger partial charge in [-0.2, -0.15) is 5.26 Å². The summed E-state index contributed by atoms with van der Waals surface area (Å²) in [5, 5.41) is 21.5. The Morgan fingerprint density at radius 3 is 2.50 bits per heavy atom. The molecule has 1 aromatic heterocycles. The van der Waals surface area contributed by atoms with Crippen molar-refractivity contribution in [1.82, 2.24) is 9.88 Å². The molecule has 1 atom stereocenters. The fourth-order valence-corrected chi connectivity index (χ4v) is 5.60. The van der Waals surface area contributed by atoms with Gasteiger partial charge in [0.25, 0.3) is 5.91 Å². The summed E-state index contributed by atoms with van der Waals surface area (Å²) in [6.07, 6.45) is 2.39. The molecule has 0 radical (unpaired) electrons. The Labute approximate surface area is 212 Å². The fraction of sp³-hybridized carbons (Fsp3) is 0.179. The second kappa shape index (κ2) is 9.99. The number of pyridine rings is 1. The lowest BCUT2D eigenvalue weighted by molar-refractivity contribution is -0.0213. The van der Waals surface area contributed by atoms with E-state index in [2.05, 4.69) is 15.8 Å². The minimum atomic E-state index is -1.52. The lowest BCUT2D eigenvalue weighted by Crippen LogP contribution is -2.45. The van der Waals surface area contributed by atoms with E-state index in [1.807, 2.05) is 30.3 Å². The zero-order valence-electron chi connectivity index (χ0n) is 19.4. The van der Waals surface area contributed by atoms with Crippen LogP contribution in [0.2, 0.25) is 0 Å². The molecule has 0 bridgehead atoms. The Hall–Kier alpha value is -3.90. The van der Waals surface area contributed by atoms with Gasteiger partial charge in [-0.3, -0.25) is 9.78 Å². The van der Waals surface area contributed by atoms with Gasteiger partial charge in [-0.15, -0.1) is 0 Å². The van der Waals surface area contributed by atoms with Gasteiger partial charge in [-0.05, 0) is 55.3 Å². The first-order chi connectivity index (χ1) is 17.5. The Kier molecular flexibility index (Phi) is 6.61. The van der Waals surface area contributed by atoms with Gasteiger partial charge in [0, 0.05) is 35.8 Å². The molecule has 2 heterocycles. The molecular weight excluding hydrogens is 472 g/mol. The van der Waals surface area contributed by atoms with E-state index in [4.69, 9.17) is 0 Å². The number of fused-ring (bicyclic) bond motifs is 1. The first kappa shape index (κ1) is 23.8.